The standard InChI is InChI=1S/C12H11ClN2O/c13-11-3-2-9(7-14)6-10(11)12-8-16-5-1-4-15-12/h2-3,6H,1,4-5,8H2. The average Bonchev–Trinajstić information content (AvgIpc) is 2.58. The summed E-state index contributed by atoms with van der Waals surface area (Å²) in [5, 5.41) is 9.46. The van der Waals surface area contributed by atoms with Crippen LogP contribution in [0.25, 0.3) is 0 Å². The van der Waals surface area contributed by atoms with E-state index in [0.29, 0.717) is 17.2 Å². The van der Waals surface area contributed by atoms with Crippen LogP contribution in [0.4, 0.5) is 0 Å². The third-order valence-electron chi connectivity index (χ3n) is 2.39. The maximum atomic E-state index is 8.84. The lowest BCUT2D eigenvalue weighted by atomic mass is 10.1. The number of hydrogen-bond acceptors (Lipinski definition) is 3. The van der Waals surface area contributed by atoms with Gasteiger partial charge in [-0.05, 0) is 24.6 Å². The van der Waals surface area contributed by atoms with E-state index in [0.717, 1.165) is 30.8 Å². The Labute approximate surface area is 99.3 Å². The number of hydrogen-bond donors (Lipinski definition) is 0. The van der Waals surface area contributed by atoms with Crippen molar-refractivity contribution in [2.75, 3.05) is 19.8 Å². The highest BCUT2D eigenvalue weighted by molar-refractivity contribution is 6.34. The smallest absolute Gasteiger partial charge is 0.0991 e. The second kappa shape index (κ2) is 5.11. The van der Waals surface area contributed by atoms with Gasteiger partial charge in [-0.25, -0.2) is 0 Å². The Balaban J connectivity index is 2.38. The fourth-order valence-electron chi connectivity index (χ4n) is 1.57. The van der Waals surface area contributed by atoms with E-state index in [1.807, 2.05) is 0 Å². The Bertz CT molecular complexity index is 463. The lowest BCUT2D eigenvalue weighted by molar-refractivity contribution is 0.176. The van der Waals surface area contributed by atoms with Gasteiger partial charge in [0.05, 0.1) is 24.0 Å². The lowest BCUT2D eigenvalue weighted by Crippen LogP contribution is -2.09. The molecule has 4 heteroatoms. The molecule has 0 bridgehead atoms. The minimum atomic E-state index is 0.467. The van der Waals surface area contributed by atoms with Crippen LogP contribution in [0.5, 0.6) is 0 Å². The van der Waals surface area contributed by atoms with Gasteiger partial charge in [-0.15, -0.1) is 0 Å². The van der Waals surface area contributed by atoms with Gasteiger partial charge >= 0.3 is 0 Å². The summed E-state index contributed by atoms with van der Waals surface area (Å²) in [7, 11) is 0. The molecule has 1 aromatic carbocycles. The van der Waals surface area contributed by atoms with Crippen molar-refractivity contribution in [3.63, 3.8) is 0 Å². The summed E-state index contributed by atoms with van der Waals surface area (Å²) in [5.41, 5.74) is 2.23. The van der Waals surface area contributed by atoms with E-state index in [1.165, 1.54) is 0 Å². The van der Waals surface area contributed by atoms with Gasteiger partial charge < -0.3 is 4.74 Å². The van der Waals surface area contributed by atoms with E-state index >= 15 is 0 Å². The fraction of sp³-hybridized carbons (Fsp3) is 0.333. The third kappa shape index (κ3) is 2.41. The van der Waals surface area contributed by atoms with Crippen LogP contribution in [0.1, 0.15) is 17.5 Å². The summed E-state index contributed by atoms with van der Waals surface area (Å²) in [6.45, 7) is 1.94. The molecule has 0 spiro atoms. The second-order valence-electron chi connectivity index (χ2n) is 3.54. The van der Waals surface area contributed by atoms with Crippen LogP contribution in [-0.4, -0.2) is 25.5 Å². The number of rotatable bonds is 1. The molecular formula is C12H11ClN2O. The molecule has 0 saturated carbocycles. The number of ether oxygens (including phenoxy) is 1. The molecule has 1 aromatic rings. The van der Waals surface area contributed by atoms with Gasteiger partial charge in [0.1, 0.15) is 0 Å². The molecule has 1 heterocycles. The molecule has 0 aromatic heterocycles. The van der Waals surface area contributed by atoms with Gasteiger partial charge in [0.25, 0.3) is 0 Å². The van der Waals surface area contributed by atoms with Gasteiger partial charge in [-0.2, -0.15) is 5.26 Å². The van der Waals surface area contributed by atoms with Crippen LogP contribution in [0.2, 0.25) is 5.02 Å². The minimum absolute atomic E-state index is 0.467. The van der Waals surface area contributed by atoms with Crippen LogP contribution in [0, 0.1) is 11.3 Å². The third-order valence-corrected chi connectivity index (χ3v) is 2.72. The first kappa shape index (κ1) is 11.1. The number of benzene rings is 1. The molecule has 0 fully saturated rings. The highest BCUT2D eigenvalue weighted by atomic mass is 35.5. The summed E-state index contributed by atoms with van der Waals surface area (Å²) < 4.78 is 5.42. The molecule has 0 unspecified atom stereocenters. The van der Waals surface area contributed by atoms with Crippen molar-refractivity contribution in [2.45, 2.75) is 6.42 Å². The van der Waals surface area contributed by atoms with Gasteiger partial charge in [0, 0.05) is 23.7 Å². The minimum Gasteiger partial charge on any atom is -0.375 e. The molecule has 0 atom stereocenters. The number of halogens is 1. The first-order chi connectivity index (χ1) is 7.81. The predicted octanol–water partition coefficient (Wildman–Crippen LogP) is 2.42. The van der Waals surface area contributed by atoms with E-state index in [1.54, 1.807) is 18.2 Å². The summed E-state index contributed by atoms with van der Waals surface area (Å²) >= 11 is 6.09. The molecule has 1 aliphatic heterocycles. The predicted molar refractivity (Wildman–Crippen MR) is 63.0 cm³/mol. The molecule has 16 heavy (non-hydrogen) atoms. The zero-order valence-electron chi connectivity index (χ0n) is 8.74. The van der Waals surface area contributed by atoms with Crippen LogP contribution in [0.15, 0.2) is 23.2 Å². The van der Waals surface area contributed by atoms with Crippen LogP contribution in [-0.2, 0) is 4.74 Å². The number of nitriles is 1. The first-order valence-electron chi connectivity index (χ1n) is 5.12. The van der Waals surface area contributed by atoms with E-state index in [-0.39, 0.29) is 0 Å². The van der Waals surface area contributed by atoms with Gasteiger partial charge in [-0.1, -0.05) is 11.6 Å². The molecule has 0 N–H and O–H groups in total. The van der Waals surface area contributed by atoms with Crippen molar-refractivity contribution < 1.29 is 4.74 Å². The SMILES string of the molecule is N#Cc1ccc(Cl)c(C2=NCCCOC2)c1. The topological polar surface area (TPSA) is 45.4 Å². The molecule has 0 saturated heterocycles. The highest BCUT2D eigenvalue weighted by Crippen LogP contribution is 2.19. The maximum Gasteiger partial charge on any atom is 0.0991 e. The Kier molecular flexibility index (Phi) is 3.55. The molecular weight excluding hydrogens is 224 g/mol. The van der Waals surface area contributed by atoms with Gasteiger partial charge in [-0.3, -0.25) is 4.99 Å². The number of nitrogens with zero attached hydrogens (tertiary/aromatic N) is 2. The zero-order valence-corrected chi connectivity index (χ0v) is 9.50. The van der Waals surface area contributed by atoms with Crippen molar-refractivity contribution in [3.8, 4) is 6.07 Å². The van der Waals surface area contributed by atoms with Crippen molar-refractivity contribution in [1.82, 2.24) is 0 Å². The summed E-state index contributed by atoms with van der Waals surface area (Å²) in [6, 6.07) is 7.28. The van der Waals surface area contributed by atoms with Gasteiger partial charge in [0.2, 0.25) is 0 Å². The Morgan fingerprint density at radius 3 is 3.12 bits per heavy atom. The van der Waals surface area contributed by atoms with E-state index in [4.69, 9.17) is 21.6 Å². The molecule has 3 nitrogen and oxygen atoms in total. The molecule has 0 aliphatic carbocycles. The average molecular weight is 235 g/mol. The van der Waals surface area contributed by atoms with Crippen molar-refractivity contribution in [2.24, 2.45) is 4.99 Å². The molecule has 2 rings (SSSR count). The molecule has 1 aliphatic rings. The highest BCUT2D eigenvalue weighted by Gasteiger charge is 2.11. The van der Waals surface area contributed by atoms with Crippen molar-refractivity contribution in [3.05, 3.63) is 34.3 Å². The Morgan fingerprint density at radius 1 is 1.44 bits per heavy atom. The van der Waals surface area contributed by atoms with Crippen LogP contribution < -0.4 is 0 Å². The van der Waals surface area contributed by atoms with Crippen LogP contribution in [0.3, 0.4) is 0 Å². The van der Waals surface area contributed by atoms with Crippen molar-refractivity contribution in [1.29, 1.82) is 5.26 Å². The zero-order chi connectivity index (χ0) is 11.4. The molecule has 0 radical (unpaired) electrons. The first-order valence-corrected chi connectivity index (χ1v) is 5.50. The second-order valence-corrected chi connectivity index (χ2v) is 3.95. The Hall–Kier alpha value is -1.37. The van der Waals surface area contributed by atoms with E-state index < -0.39 is 0 Å². The quantitative estimate of drug-likeness (QED) is 0.749. The van der Waals surface area contributed by atoms with Gasteiger partial charge in [0.15, 0.2) is 0 Å². The summed E-state index contributed by atoms with van der Waals surface area (Å²) in [5.74, 6) is 0. The number of aliphatic imine (C=N–C) groups is 1. The Morgan fingerprint density at radius 2 is 2.31 bits per heavy atom. The fourth-order valence-corrected chi connectivity index (χ4v) is 1.80. The van der Waals surface area contributed by atoms with E-state index in [2.05, 4.69) is 11.1 Å². The van der Waals surface area contributed by atoms with Crippen molar-refractivity contribution >= 4 is 17.3 Å². The van der Waals surface area contributed by atoms with Crippen LogP contribution >= 0.6 is 11.6 Å². The molecule has 82 valence electrons. The monoisotopic (exact) mass is 234 g/mol. The molecule has 0 amide bonds. The summed E-state index contributed by atoms with van der Waals surface area (Å²) in [6.07, 6.45) is 0.930. The summed E-state index contributed by atoms with van der Waals surface area (Å²) in [4.78, 5) is 4.43. The largest absolute Gasteiger partial charge is 0.375 e. The lowest BCUT2D eigenvalue weighted by Gasteiger charge is -2.07. The maximum absolute atomic E-state index is 8.84. The normalized spacial score (nSPS) is 16.1. The van der Waals surface area contributed by atoms with E-state index in [9.17, 15) is 0 Å².